The zero-order chi connectivity index (χ0) is 30.9. The summed E-state index contributed by atoms with van der Waals surface area (Å²) in [4.78, 5) is 5.35. The molecular formula is C42H59N. The van der Waals surface area contributed by atoms with Crippen LogP contribution in [0, 0.1) is 0 Å². The molecule has 3 rings (SSSR count). The molecule has 0 saturated heterocycles. The minimum absolute atomic E-state index is 0.920. The average molecular weight is 578 g/mol. The summed E-state index contributed by atoms with van der Waals surface area (Å²) in [5, 5.41) is 0. The number of aryl methyl sites for hydroxylation is 3. The summed E-state index contributed by atoms with van der Waals surface area (Å²) in [6, 6.07) is 22.9. The minimum atomic E-state index is 0.920. The van der Waals surface area contributed by atoms with Gasteiger partial charge in [-0.2, -0.15) is 0 Å². The maximum Gasteiger partial charge on any atom is 0.0642 e. The summed E-state index contributed by atoms with van der Waals surface area (Å²) in [5.41, 5.74) is 13.7. The molecule has 0 saturated carbocycles. The van der Waals surface area contributed by atoms with E-state index in [1.165, 1.54) is 116 Å². The van der Waals surface area contributed by atoms with Gasteiger partial charge in [-0.1, -0.05) is 128 Å². The fourth-order valence-corrected chi connectivity index (χ4v) is 6.15. The Morgan fingerprint density at radius 3 is 1.93 bits per heavy atom. The zero-order valence-electron chi connectivity index (χ0n) is 28.4. The molecule has 43 heavy (non-hydrogen) atoms. The molecule has 0 aliphatic heterocycles. The van der Waals surface area contributed by atoms with E-state index in [2.05, 4.69) is 108 Å². The van der Waals surface area contributed by atoms with Crippen LogP contribution in [0.3, 0.4) is 0 Å². The van der Waals surface area contributed by atoms with Crippen LogP contribution >= 0.6 is 0 Å². The standard InChI is InChI=1S/C42H59N/c1-7-12-16-18-23-35-28-27-34(30-37(35)21-13-8-2)29-33(6)42(11-5)43-39-31-38(22-14-9-3)40(26-15-10-4)41(32-39)36-24-19-17-20-25-36/h17,19-20,24-25,27-32H,7-16,18,21-23,26H2,1-6H3. The van der Waals surface area contributed by atoms with Crippen molar-refractivity contribution in [3.8, 4) is 11.1 Å². The van der Waals surface area contributed by atoms with E-state index in [0.29, 0.717) is 0 Å². The van der Waals surface area contributed by atoms with Crippen molar-refractivity contribution < 1.29 is 0 Å². The van der Waals surface area contributed by atoms with Gasteiger partial charge in [-0.05, 0) is 121 Å². The Kier molecular flexibility index (Phi) is 15.6. The van der Waals surface area contributed by atoms with Crippen LogP contribution in [0.1, 0.15) is 140 Å². The van der Waals surface area contributed by atoms with Crippen molar-refractivity contribution in [1.29, 1.82) is 0 Å². The number of allylic oxidation sites excluding steroid dienone is 1. The summed E-state index contributed by atoms with van der Waals surface area (Å²) in [6.07, 6.45) is 20.6. The lowest BCUT2D eigenvalue weighted by atomic mass is 9.89. The molecule has 0 aliphatic rings. The predicted molar refractivity (Wildman–Crippen MR) is 193 cm³/mol. The SMILES string of the molecule is CCCCCCc1ccc(C=C(C)C(CC)=Nc2cc(CCCC)c(CCCC)c(-c3ccccc3)c2)cc1CCCC. The molecule has 0 radical (unpaired) electrons. The van der Waals surface area contributed by atoms with Gasteiger partial charge in [0.15, 0.2) is 0 Å². The highest BCUT2D eigenvalue weighted by atomic mass is 14.7. The molecule has 1 heteroatoms. The van der Waals surface area contributed by atoms with Gasteiger partial charge in [0.05, 0.1) is 5.69 Å². The van der Waals surface area contributed by atoms with Crippen molar-refractivity contribution in [1.82, 2.24) is 0 Å². The van der Waals surface area contributed by atoms with Gasteiger partial charge in [-0.25, -0.2) is 0 Å². The third-order valence-electron chi connectivity index (χ3n) is 8.76. The number of unbranched alkanes of at least 4 members (excludes halogenated alkanes) is 6. The largest absolute Gasteiger partial charge is 0.253 e. The van der Waals surface area contributed by atoms with E-state index in [9.17, 15) is 0 Å². The van der Waals surface area contributed by atoms with Crippen LogP contribution in [0.2, 0.25) is 0 Å². The van der Waals surface area contributed by atoms with Gasteiger partial charge < -0.3 is 0 Å². The monoisotopic (exact) mass is 577 g/mol. The molecule has 0 amide bonds. The number of nitrogens with zero attached hydrogens (tertiary/aromatic N) is 1. The molecule has 3 aromatic rings. The fourth-order valence-electron chi connectivity index (χ4n) is 6.15. The number of aliphatic imine (C=N–C) groups is 1. The quantitative estimate of drug-likeness (QED) is 0.0992. The molecular weight excluding hydrogens is 518 g/mol. The summed E-state index contributed by atoms with van der Waals surface area (Å²) < 4.78 is 0. The van der Waals surface area contributed by atoms with Crippen molar-refractivity contribution in [2.24, 2.45) is 4.99 Å². The van der Waals surface area contributed by atoms with Crippen molar-refractivity contribution in [3.63, 3.8) is 0 Å². The zero-order valence-corrected chi connectivity index (χ0v) is 28.4. The van der Waals surface area contributed by atoms with Gasteiger partial charge in [-0.15, -0.1) is 0 Å². The molecule has 0 fully saturated rings. The van der Waals surface area contributed by atoms with Crippen LogP contribution in [0.15, 0.2) is 71.2 Å². The van der Waals surface area contributed by atoms with Crippen molar-refractivity contribution in [2.45, 2.75) is 138 Å². The Labute approximate surface area is 265 Å². The highest BCUT2D eigenvalue weighted by molar-refractivity contribution is 6.04. The Morgan fingerprint density at radius 2 is 1.26 bits per heavy atom. The molecule has 0 heterocycles. The van der Waals surface area contributed by atoms with Crippen LogP contribution in [-0.4, -0.2) is 5.71 Å². The normalized spacial score (nSPS) is 12.2. The first-order valence-corrected chi connectivity index (χ1v) is 17.6. The molecule has 232 valence electrons. The number of rotatable bonds is 19. The van der Waals surface area contributed by atoms with E-state index in [-0.39, 0.29) is 0 Å². The Hall–Kier alpha value is -2.93. The second kappa shape index (κ2) is 19.4. The molecule has 0 spiro atoms. The summed E-state index contributed by atoms with van der Waals surface area (Å²) in [7, 11) is 0. The first-order chi connectivity index (χ1) is 21.0. The lowest BCUT2D eigenvalue weighted by Gasteiger charge is -2.17. The van der Waals surface area contributed by atoms with Crippen LogP contribution in [0.5, 0.6) is 0 Å². The molecule has 0 aromatic heterocycles. The van der Waals surface area contributed by atoms with Crippen molar-refractivity contribution in [3.05, 3.63) is 94.1 Å². The van der Waals surface area contributed by atoms with Gasteiger partial charge in [0.1, 0.15) is 0 Å². The Morgan fingerprint density at radius 1 is 0.605 bits per heavy atom. The van der Waals surface area contributed by atoms with E-state index in [1.807, 2.05) is 0 Å². The van der Waals surface area contributed by atoms with Gasteiger partial charge in [0.2, 0.25) is 0 Å². The lowest BCUT2D eigenvalue weighted by Crippen LogP contribution is -2.01. The second-order valence-corrected chi connectivity index (χ2v) is 12.4. The van der Waals surface area contributed by atoms with Gasteiger partial charge >= 0.3 is 0 Å². The maximum atomic E-state index is 5.35. The van der Waals surface area contributed by atoms with Crippen LogP contribution in [-0.2, 0) is 25.7 Å². The van der Waals surface area contributed by atoms with Crippen LogP contribution in [0.4, 0.5) is 5.69 Å². The smallest absolute Gasteiger partial charge is 0.0642 e. The highest BCUT2D eigenvalue weighted by Crippen LogP contribution is 2.34. The first kappa shape index (κ1) is 34.6. The minimum Gasteiger partial charge on any atom is -0.253 e. The van der Waals surface area contributed by atoms with Crippen LogP contribution < -0.4 is 0 Å². The van der Waals surface area contributed by atoms with Crippen molar-refractivity contribution >= 4 is 17.5 Å². The first-order valence-electron chi connectivity index (χ1n) is 17.6. The highest BCUT2D eigenvalue weighted by Gasteiger charge is 2.14. The van der Waals surface area contributed by atoms with Crippen molar-refractivity contribution in [2.75, 3.05) is 0 Å². The molecule has 1 nitrogen and oxygen atoms in total. The topological polar surface area (TPSA) is 12.4 Å². The summed E-state index contributed by atoms with van der Waals surface area (Å²) in [5.74, 6) is 0. The number of hydrogen-bond donors (Lipinski definition) is 0. The third kappa shape index (κ3) is 10.9. The average Bonchev–Trinajstić information content (AvgIpc) is 3.03. The fraction of sp³-hybridized carbons (Fsp3) is 0.500. The second-order valence-electron chi connectivity index (χ2n) is 12.4. The molecule has 0 bridgehead atoms. The van der Waals surface area contributed by atoms with Crippen LogP contribution in [0.25, 0.3) is 17.2 Å². The molecule has 0 aliphatic carbocycles. The molecule has 0 N–H and O–H groups in total. The van der Waals surface area contributed by atoms with Gasteiger partial charge in [0, 0.05) is 5.71 Å². The van der Waals surface area contributed by atoms with E-state index >= 15 is 0 Å². The van der Waals surface area contributed by atoms with E-state index in [4.69, 9.17) is 4.99 Å². The van der Waals surface area contributed by atoms with E-state index in [1.54, 1.807) is 11.1 Å². The Bertz CT molecular complexity index is 1290. The number of hydrogen-bond acceptors (Lipinski definition) is 1. The Balaban J connectivity index is 2.00. The molecule has 3 aromatic carbocycles. The molecule has 0 unspecified atom stereocenters. The van der Waals surface area contributed by atoms with E-state index < -0.39 is 0 Å². The predicted octanol–water partition coefficient (Wildman–Crippen LogP) is 13.1. The number of benzene rings is 3. The third-order valence-corrected chi connectivity index (χ3v) is 8.76. The van der Waals surface area contributed by atoms with Gasteiger partial charge in [-0.3, -0.25) is 4.99 Å². The van der Waals surface area contributed by atoms with E-state index in [0.717, 1.165) is 24.9 Å². The maximum absolute atomic E-state index is 5.35. The summed E-state index contributed by atoms with van der Waals surface area (Å²) in [6.45, 7) is 13.7. The summed E-state index contributed by atoms with van der Waals surface area (Å²) >= 11 is 0. The lowest BCUT2D eigenvalue weighted by molar-refractivity contribution is 0.662. The van der Waals surface area contributed by atoms with Gasteiger partial charge in [0.25, 0.3) is 0 Å². The molecule has 0 atom stereocenters.